The Kier molecular flexibility index (Phi) is 4.98. The number of benzene rings is 1. The molecule has 1 heterocycles. The maximum absolute atomic E-state index is 6.19. The zero-order valence-corrected chi connectivity index (χ0v) is 13.0. The van der Waals surface area contributed by atoms with Crippen LogP contribution in [0.4, 0.5) is 0 Å². The van der Waals surface area contributed by atoms with E-state index in [1.807, 2.05) is 6.92 Å². The lowest BCUT2D eigenvalue weighted by Gasteiger charge is -2.11. The molecule has 2 N–H and O–H groups in total. The molecule has 0 aliphatic carbocycles. The molecule has 1 atom stereocenters. The molecule has 0 aliphatic rings. The van der Waals surface area contributed by atoms with Gasteiger partial charge in [0.1, 0.15) is 0 Å². The van der Waals surface area contributed by atoms with Gasteiger partial charge in [0.05, 0.1) is 19.2 Å². The Morgan fingerprint density at radius 1 is 1.19 bits per heavy atom. The number of halogens is 1. The number of nitrogens with zero attached hydrogens (tertiary/aromatic N) is 2. The van der Waals surface area contributed by atoms with Gasteiger partial charge in [-0.1, -0.05) is 11.6 Å². The molecule has 6 heteroatoms. The summed E-state index contributed by atoms with van der Waals surface area (Å²) in [5.74, 6) is 1.62. The summed E-state index contributed by atoms with van der Waals surface area (Å²) in [5, 5.41) is 0.454. The van der Waals surface area contributed by atoms with Gasteiger partial charge in [-0.25, -0.2) is 9.97 Å². The number of hydrogen-bond donors (Lipinski definition) is 1. The highest BCUT2D eigenvalue weighted by Crippen LogP contribution is 2.38. The quantitative estimate of drug-likeness (QED) is 0.919. The first-order chi connectivity index (χ1) is 10.0. The van der Waals surface area contributed by atoms with Gasteiger partial charge in [0.25, 0.3) is 0 Å². The van der Waals surface area contributed by atoms with Crippen LogP contribution in [-0.2, 0) is 6.42 Å². The topological polar surface area (TPSA) is 70.3 Å². The lowest BCUT2D eigenvalue weighted by Crippen LogP contribution is -2.18. The van der Waals surface area contributed by atoms with Gasteiger partial charge in [0, 0.05) is 24.0 Å². The molecule has 1 aromatic heterocycles. The van der Waals surface area contributed by atoms with Crippen LogP contribution in [0, 0.1) is 0 Å². The molecule has 0 spiro atoms. The smallest absolute Gasteiger partial charge is 0.179 e. The molecule has 112 valence electrons. The molecular formula is C15H18ClN3O2. The Morgan fingerprint density at radius 2 is 1.86 bits per heavy atom. The molecule has 0 aliphatic heterocycles. The van der Waals surface area contributed by atoms with Crippen LogP contribution >= 0.6 is 11.6 Å². The first-order valence-electron chi connectivity index (χ1n) is 6.53. The van der Waals surface area contributed by atoms with E-state index in [1.165, 1.54) is 0 Å². The molecule has 0 amide bonds. The highest BCUT2D eigenvalue weighted by molar-refractivity contribution is 6.32. The molecular weight excluding hydrogens is 290 g/mol. The molecule has 1 unspecified atom stereocenters. The standard InChI is InChI=1S/C15H18ClN3O2/c1-9(17)4-10-7-18-15(19-8-10)11-5-12(16)14(21-3)13(6-11)20-2/h5-9H,4,17H2,1-3H3. The predicted molar refractivity (Wildman–Crippen MR) is 82.9 cm³/mol. The Balaban J connectivity index is 2.35. The van der Waals surface area contributed by atoms with Crippen LogP contribution in [0.25, 0.3) is 11.4 Å². The van der Waals surface area contributed by atoms with Crippen molar-refractivity contribution in [1.82, 2.24) is 9.97 Å². The molecule has 0 fully saturated rings. The van der Waals surface area contributed by atoms with E-state index in [2.05, 4.69) is 9.97 Å². The SMILES string of the molecule is COc1cc(-c2ncc(CC(C)N)cn2)cc(Cl)c1OC. The van der Waals surface area contributed by atoms with Gasteiger partial charge in [0.15, 0.2) is 17.3 Å². The van der Waals surface area contributed by atoms with Crippen LogP contribution in [0.5, 0.6) is 11.5 Å². The average Bonchev–Trinajstić information content (AvgIpc) is 2.46. The van der Waals surface area contributed by atoms with Gasteiger partial charge >= 0.3 is 0 Å². The van der Waals surface area contributed by atoms with Crippen LogP contribution in [0.15, 0.2) is 24.5 Å². The largest absolute Gasteiger partial charge is 0.493 e. The second-order valence-electron chi connectivity index (χ2n) is 4.79. The van der Waals surface area contributed by atoms with Crippen LogP contribution in [0.3, 0.4) is 0 Å². The monoisotopic (exact) mass is 307 g/mol. The van der Waals surface area contributed by atoms with Crippen molar-refractivity contribution in [2.75, 3.05) is 14.2 Å². The molecule has 0 saturated heterocycles. The van der Waals surface area contributed by atoms with Crippen molar-refractivity contribution in [2.45, 2.75) is 19.4 Å². The Bertz CT molecular complexity index is 615. The van der Waals surface area contributed by atoms with Crippen LogP contribution < -0.4 is 15.2 Å². The van der Waals surface area contributed by atoms with Crippen LogP contribution in [-0.4, -0.2) is 30.2 Å². The molecule has 2 rings (SSSR count). The van der Waals surface area contributed by atoms with Crippen molar-refractivity contribution in [3.8, 4) is 22.9 Å². The molecule has 2 aromatic rings. The molecule has 0 radical (unpaired) electrons. The van der Waals surface area contributed by atoms with E-state index in [0.29, 0.717) is 22.3 Å². The van der Waals surface area contributed by atoms with E-state index in [-0.39, 0.29) is 6.04 Å². The van der Waals surface area contributed by atoms with E-state index in [0.717, 1.165) is 17.5 Å². The fraction of sp³-hybridized carbons (Fsp3) is 0.333. The number of methoxy groups -OCH3 is 2. The van der Waals surface area contributed by atoms with Crippen LogP contribution in [0.1, 0.15) is 12.5 Å². The van der Waals surface area contributed by atoms with Gasteiger partial charge < -0.3 is 15.2 Å². The fourth-order valence-corrected chi connectivity index (χ4v) is 2.32. The number of aromatic nitrogens is 2. The van der Waals surface area contributed by atoms with Gasteiger partial charge in [0.2, 0.25) is 0 Å². The average molecular weight is 308 g/mol. The number of ether oxygens (including phenoxy) is 2. The second kappa shape index (κ2) is 6.74. The number of hydrogen-bond acceptors (Lipinski definition) is 5. The van der Waals surface area contributed by atoms with E-state index < -0.39 is 0 Å². The summed E-state index contributed by atoms with van der Waals surface area (Å²) in [4.78, 5) is 8.70. The zero-order chi connectivity index (χ0) is 15.4. The Hall–Kier alpha value is -1.85. The highest BCUT2D eigenvalue weighted by Gasteiger charge is 2.13. The first kappa shape index (κ1) is 15.5. The summed E-state index contributed by atoms with van der Waals surface area (Å²) in [6.07, 6.45) is 4.29. The van der Waals surface area contributed by atoms with E-state index in [9.17, 15) is 0 Å². The van der Waals surface area contributed by atoms with E-state index >= 15 is 0 Å². The number of rotatable bonds is 5. The Morgan fingerprint density at radius 3 is 2.38 bits per heavy atom. The third kappa shape index (κ3) is 3.62. The van der Waals surface area contributed by atoms with Crippen molar-refractivity contribution in [3.63, 3.8) is 0 Å². The summed E-state index contributed by atoms with van der Waals surface area (Å²) in [5.41, 5.74) is 7.53. The minimum Gasteiger partial charge on any atom is -0.493 e. The van der Waals surface area contributed by atoms with Crippen molar-refractivity contribution in [3.05, 3.63) is 35.1 Å². The summed E-state index contributed by atoms with van der Waals surface area (Å²) >= 11 is 6.19. The first-order valence-corrected chi connectivity index (χ1v) is 6.91. The van der Waals surface area contributed by atoms with E-state index in [4.69, 9.17) is 26.8 Å². The summed E-state index contributed by atoms with van der Waals surface area (Å²) in [6, 6.07) is 3.63. The fourth-order valence-electron chi connectivity index (χ4n) is 2.03. The van der Waals surface area contributed by atoms with Crippen molar-refractivity contribution in [2.24, 2.45) is 5.73 Å². The lowest BCUT2D eigenvalue weighted by molar-refractivity contribution is 0.355. The molecule has 0 bridgehead atoms. The summed E-state index contributed by atoms with van der Waals surface area (Å²) < 4.78 is 10.5. The second-order valence-corrected chi connectivity index (χ2v) is 5.20. The predicted octanol–water partition coefficient (Wildman–Crippen LogP) is 2.70. The minimum absolute atomic E-state index is 0.0787. The van der Waals surface area contributed by atoms with Crippen LogP contribution in [0.2, 0.25) is 5.02 Å². The van der Waals surface area contributed by atoms with Gasteiger partial charge in [-0.3, -0.25) is 0 Å². The van der Waals surface area contributed by atoms with Crippen molar-refractivity contribution >= 4 is 11.6 Å². The van der Waals surface area contributed by atoms with Gasteiger partial charge in [-0.2, -0.15) is 0 Å². The van der Waals surface area contributed by atoms with Gasteiger partial charge in [-0.05, 0) is 31.0 Å². The maximum atomic E-state index is 6.19. The Labute approximate surface area is 129 Å². The molecule has 21 heavy (non-hydrogen) atoms. The normalized spacial score (nSPS) is 12.0. The molecule has 1 aromatic carbocycles. The third-order valence-corrected chi connectivity index (χ3v) is 3.24. The van der Waals surface area contributed by atoms with Crippen molar-refractivity contribution in [1.29, 1.82) is 0 Å². The number of nitrogens with two attached hydrogens (primary N) is 1. The lowest BCUT2D eigenvalue weighted by atomic mass is 10.1. The van der Waals surface area contributed by atoms with E-state index in [1.54, 1.807) is 38.7 Å². The third-order valence-electron chi connectivity index (χ3n) is 2.95. The maximum Gasteiger partial charge on any atom is 0.179 e. The molecule has 0 saturated carbocycles. The van der Waals surface area contributed by atoms with Crippen molar-refractivity contribution < 1.29 is 9.47 Å². The van der Waals surface area contributed by atoms with Gasteiger partial charge in [-0.15, -0.1) is 0 Å². The highest BCUT2D eigenvalue weighted by atomic mass is 35.5. The summed E-state index contributed by atoms with van der Waals surface area (Å²) in [7, 11) is 3.10. The zero-order valence-electron chi connectivity index (χ0n) is 12.3. The molecule has 5 nitrogen and oxygen atoms in total. The summed E-state index contributed by atoms with van der Waals surface area (Å²) in [6.45, 7) is 1.95. The minimum atomic E-state index is 0.0787.